The summed E-state index contributed by atoms with van der Waals surface area (Å²) in [5.74, 6) is 0. The maximum absolute atomic E-state index is 2.30. The van der Waals surface area contributed by atoms with Crippen LogP contribution in [0.2, 0.25) is 6.04 Å². The Balaban J connectivity index is 2.85. The van der Waals surface area contributed by atoms with Crippen molar-refractivity contribution < 1.29 is 0 Å². The van der Waals surface area contributed by atoms with Gasteiger partial charge < -0.3 is 0 Å². The molecule has 3 heteroatoms. The second kappa shape index (κ2) is 16.7. The molecule has 0 amide bonds. The summed E-state index contributed by atoms with van der Waals surface area (Å²) in [6.07, 6.45) is 18.0. The van der Waals surface area contributed by atoms with Crippen LogP contribution in [-0.2, 0) is 0 Å². The standard InChI is InChI=1S/C14H36Si3/c1-2-3-4-5-6-7-8-9-10-11-12-13-14-16-17-15/h2-14,16-17H2,1,15H3. The van der Waals surface area contributed by atoms with E-state index in [2.05, 4.69) is 6.92 Å². The molecular formula is C14H36Si3. The minimum Gasteiger partial charge on any atom is -0.0655 e. The van der Waals surface area contributed by atoms with E-state index in [0.717, 1.165) is 0 Å². The van der Waals surface area contributed by atoms with Crippen molar-refractivity contribution in [3.05, 3.63) is 0 Å². The molecule has 0 radical (unpaired) electrons. The van der Waals surface area contributed by atoms with Gasteiger partial charge in [-0.15, -0.1) is 0 Å². The molecule has 0 N–H and O–H groups in total. The third-order valence-corrected chi connectivity index (χ3v) is 15.4. The van der Waals surface area contributed by atoms with Crippen LogP contribution in [0.4, 0.5) is 0 Å². The summed E-state index contributed by atoms with van der Waals surface area (Å²) in [5, 5.41) is 0. The van der Waals surface area contributed by atoms with Gasteiger partial charge in [0.05, 0.1) is 0 Å². The van der Waals surface area contributed by atoms with Crippen molar-refractivity contribution >= 4 is 27.4 Å². The fourth-order valence-electron chi connectivity index (χ4n) is 2.44. The Morgan fingerprint density at radius 1 is 0.647 bits per heavy atom. The SMILES string of the molecule is CCCCCCCCCCCCCC[SiH2][SiH2][SiH3]. The predicted octanol–water partition coefficient (Wildman–Crippen LogP) is 2.64. The molecule has 0 saturated heterocycles. The zero-order valence-corrected chi connectivity index (χ0v) is 17.4. The highest BCUT2D eigenvalue weighted by atomic mass is 29.5. The molecule has 0 unspecified atom stereocenters. The van der Waals surface area contributed by atoms with E-state index in [1.54, 1.807) is 28.6 Å². The highest BCUT2D eigenvalue weighted by molar-refractivity contribution is 7.23. The number of rotatable bonds is 14. The van der Waals surface area contributed by atoms with E-state index in [4.69, 9.17) is 0 Å². The topological polar surface area (TPSA) is 0 Å². The van der Waals surface area contributed by atoms with E-state index in [-0.39, 0.29) is 0 Å². The lowest BCUT2D eigenvalue weighted by molar-refractivity contribution is 0.548. The van der Waals surface area contributed by atoms with Crippen LogP contribution in [0.25, 0.3) is 0 Å². The molecule has 0 heterocycles. The molecule has 0 aromatic heterocycles. The summed E-state index contributed by atoms with van der Waals surface area (Å²) in [6, 6.07) is 1.70. The van der Waals surface area contributed by atoms with Gasteiger partial charge in [-0.2, -0.15) is 0 Å². The van der Waals surface area contributed by atoms with Gasteiger partial charge in [0.15, 0.2) is 0 Å². The van der Waals surface area contributed by atoms with Crippen LogP contribution in [0.3, 0.4) is 0 Å². The molecule has 0 nitrogen and oxygen atoms in total. The smallest absolute Gasteiger partial charge is 0.00460 e. The monoisotopic (exact) mass is 288 g/mol. The summed E-state index contributed by atoms with van der Waals surface area (Å²) in [7, 11) is 2.81. The number of hydrogen-bond acceptors (Lipinski definition) is 0. The quantitative estimate of drug-likeness (QED) is 0.340. The van der Waals surface area contributed by atoms with Crippen LogP contribution in [0.15, 0.2) is 0 Å². The predicted molar refractivity (Wildman–Crippen MR) is 92.9 cm³/mol. The molecular weight excluding hydrogens is 252 g/mol. The first-order chi connectivity index (χ1) is 8.41. The van der Waals surface area contributed by atoms with Gasteiger partial charge >= 0.3 is 0 Å². The molecule has 0 aromatic carbocycles. The van der Waals surface area contributed by atoms with Crippen molar-refractivity contribution in [1.82, 2.24) is 0 Å². The van der Waals surface area contributed by atoms with E-state index in [0.29, 0.717) is 17.6 Å². The molecule has 0 spiro atoms. The first-order valence-corrected chi connectivity index (χ1v) is 19.1. The summed E-state index contributed by atoms with van der Waals surface area (Å²) in [6.45, 7) is 2.30. The van der Waals surface area contributed by atoms with Crippen LogP contribution >= 0.6 is 0 Å². The van der Waals surface area contributed by atoms with E-state index in [9.17, 15) is 0 Å². The number of hydrogen-bond donors (Lipinski definition) is 0. The Bertz CT molecular complexity index is 115. The molecule has 0 atom stereocenters. The van der Waals surface area contributed by atoms with Crippen molar-refractivity contribution in [2.45, 2.75) is 90.0 Å². The second-order valence-electron chi connectivity index (χ2n) is 5.60. The minimum atomic E-state index is 0.564. The molecule has 0 aliphatic heterocycles. The maximum atomic E-state index is 2.30. The largest absolute Gasteiger partial charge is 0.0655 e. The Morgan fingerprint density at radius 2 is 1.06 bits per heavy atom. The van der Waals surface area contributed by atoms with Crippen LogP contribution in [0.5, 0.6) is 0 Å². The Morgan fingerprint density at radius 3 is 1.47 bits per heavy atom. The third-order valence-electron chi connectivity index (χ3n) is 3.71. The van der Waals surface area contributed by atoms with E-state index in [1.807, 2.05) is 0 Å². The summed E-state index contributed by atoms with van der Waals surface area (Å²) >= 11 is 0. The van der Waals surface area contributed by atoms with E-state index in [1.165, 1.54) is 64.2 Å². The van der Waals surface area contributed by atoms with Crippen molar-refractivity contribution in [2.24, 2.45) is 0 Å². The normalized spacial score (nSPS) is 12.5. The first kappa shape index (κ1) is 17.7. The average molecular weight is 289 g/mol. The lowest BCUT2D eigenvalue weighted by atomic mass is 10.1. The van der Waals surface area contributed by atoms with Crippen LogP contribution < -0.4 is 0 Å². The van der Waals surface area contributed by atoms with Gasteiger partial charge in [-0.05, 0) is 18.3 Å². The first-order valence-electron chi connectivity index (χ1n) is 8.41. The third kappa shape index (κ3) is 16.7. The molecule has 0 saturated carbocycles. The Hall–Kier alpha value is 0.651. The van der Waals surface area contributed by atoms with Crippen molar-refractivity contribution in [2.75, 3.05) is 0 Å². The summed E-state index contributed by atoms with van der Waals surface area (Å²) in [5.41, 5.74) is 0. The Labute approximate surface area is 117 Å². The van der Waals surface area contributed by atoms with Gasteiger partial charge in [-0.1, -0.05) is 90.0 Å². The van der Waals surface area contributed by atoms with E-state index >= 15 is 0 Å². The summed E-state index contributed by atoms with van der Waals surface area (Å²) < 4.78 is 0. The highest BCUT2D eigenvalue weighted by Crippen LogP contribution is 2.12. The minimum absolute atomic E-state index is 0.564. The fourth-order valence-corrected chi connectivity index (χ4v) is 10.7. The van der Waals surface area contributed by atoms with Crippen molar-refractivity contribution in [3.8, 4) is 0 Å². The van der Waals surface area contributed by atoms with Crippen molar-refractivity contribution in [3.63, 3.8) is 0 Å². The molecule has 0 aromatic rings. The molecule has 0 fully saturated rings. The van der Waals surface area contributed by atoms with Crippen LogP contribution in [-0.4, -0.2) is 27.4 Å². The van der Waals surface area contributed by atoms with Crippen LogP contribution in [0, 0.1) is 0 Å². The van der Waals surface area contributed by atoms with E-state index < -0.39 is 0 Å². The van der Waals surface area contributed by atoms with Gasteiger partial charge in [-0.3, -0.25) is 0 Å². The van der Waals surface area contributed by atoms with Gasteiger partial charge in [0.2, 0.25) is 0 Å². The molecule has 0 aliphatic carbocycles. The fraction of sp³-hybridized carbons (Fsp3) is 1.00. The van der Waals surface area contributed by atoms with Crippen LogP contribution in [0.1, 0.15) is 84.0 Å². The van der Waals surface area contributed by atoms with Gasteiger partial charge in [-0.25, -0.2) is 0 Å². The molecule has 0 aliphatic rings. The molecule has 0 rings (SSSR count). The Kier molecular flexibility index (Phi) is 17.3. The lowest BCUT2D eigenvalue weighted by Crippen LogP contribution is -2.01. The highest BCUT2D eigenvalue weighted by Gasteiger charge is 1.93. The zero-order valence-electron chi connectivity index (χ0n) is 12.6. The molecule has 0 bridgehead atoms. The lowest BCUT2D eigenvalue weighted by Gasteiger charge is -2.02. The van der Waals surface area contributed by atoms with Gasteiger partial charge in [0.1, 0.15) is 0 Å². The zero-order chi connectivity index (χ0) is 12.6. The maximum Gasteiger partial charge on any atom is 0.00460 e. The van der Waals surface area contributed by atoms with Gasteiger partial charge in [0.25, 0.3) is 0 Å². The number of unbranched alkanes of at least 4 members (excludes halogenated alkanes) is 11. The average Bonchev–Trinajstić information content (AvgIpc) is 2.35. The summed E-state index contributed by atoms with van der Waals surface area (Å²) in [4.78, 5) is 0. The second-order valence-corrected chi connectivity index (χ2v) is 22.1. The van der Waals surface area contributed by atoms with Gasteiger partial charge in [0, 0.05) is 9.04 Å². The molecule has 17 heavy (non-hydrogen) atoms. The van der Waals surface area contributed by atoms with Crippen molar-refractivity contribution in [1.29, 1.82) is 0 Å². The molecule has 104 valence electrons.